The zero-order valence-electron chi connectivity index (χ0n) is 25.6. The van der Waals surface area contributed by atoms with Gasteiger partial charge in [0.25, 0.3) is 10.0 Å². The van der Waals surface area contributed by atoms with Crippen LogP contribution in [-0.2, 0) is 32.3 Å². The number of aryl methyl sites for hydroxylation is 1. The number of carbonyl (C=O) groups excluding carboxylic acids is 2. The second kappa shape index (κ2) is 13.7. The number of benzene rings is 3. The maximum atomic E-state index is 14.1. The number of methoxy groups -OCH3 is 1. The third-order valence-corrected chi connectivity index (χ3v) is 8.53. The summed E-state index contributed by atoms with van der Waals surface area (Å²) in [5.41, 5.74) is -0.638. The number of sulfonamides is 1. The van der Waals surface area contributed by atoms with Crippen LogP contribution in [0.4, 0.5) is 18.9 Å². The van der Waals surface area contributed by atoms with Gasteiger partial charge in [-0.1, -0.05) is 42.8 Å². The Hall–Kier alpha value is -4.06. The van der Waals surface area contributed by atoms with Crippen LogP contribution in [0.5, 0.6) is 5.75 Å². The molecule has 0 aliphatic rings. The van der Waals surface area contributed by atoms with Gasteiger partial charge in [-0.15, -0.1) is 0 Å². The van der Waals surface area contributed by atoms with E-state index >= 15 is 0 Å². The van der Waals surface area contributed by atoms with Crippen LogP contribution in [0.2, 0.25) is 0 Å². The second-order valence-corrected chi connectivity index (χ2v) is 13.3. The maximum absolute atomic E-state index is 14.1. The standard InChI is InChI=1S/C32H38F3N3O5S/c1-7-28(30(40)36-31(3,4)5)37(20-23-13-15-26(43-6)16-14-23)29(39)21-38(25-10-8-9-24(19-25)32(33,34)35)44(41,42)27-17-11-22(2)12-18-27/h8-19,28H,7,20-21H2,1-6H3,(H,36,40)/t28-/m0/s1. The van der Waals surface area contributed by atoms with Gasteiger partial charge in [0.1, 0.15) is 18.3 Å². The molecule has 1 N–H and O–H groups in total. The lowest BCUT2D eigenvalue weighted by atomic mass is 10.1. The molecule has 0 saturated heterocycles. The first-order valence-electron chi connectivity index (χ1n) is 14.0. The Morgan fingerprint density at radius 1 is 0.955 bits per heavy atom. The molecule has 3 aromatic carbocycles. The molecule has 8 nitrogen and oxygen atoms in total. The first-order valence-corrected chi connectivity index (χ1v) is 15.4. The van der Waals surface area contributed by atoms with Gasteiger partial charge in [-0.3, -0.25) is 13.9 Å². The van der Waals surface area contributed by atoms with Gasteiger partial charge in [-0.05, 0) is 82.1 Å². The number of nitrogens with one attached hydrogen (secondary N) is 1. The summed E-state index contributed by atoms with van der Waals surface area (Å²) in [5.74, 6) is -0.650. The summed E-state index contributed by atoms with van der Waals surface area (Å²) in [7, 11) is -3.02. The molecule has 2 amide bonds. The summed E-state index contributed by atoms with van der Waals surface area (Å²) in [5, 5.41) is 2.87. The number of alkyl halides is 3. The third-order valence-electron chi connectivity index (χ3n) is 6.75. The summed E-state index contributed by atoms with van der Waals surface area (Å²) in [4.78, 5) is 28.6. The fourth-order valence-corrected chi connectivity index (χ4v) is 5.91. The summed E-state index contributed by atoms with van der Waals surface area (Å²) in [6, 6.07) is 15.3. The van der Waals surface area contributed by atoms with Crippen molar-refractivity contribution in [2.24, 2.45) is 0 Å². The predicted octanol–water partition coefficient (Wildman–Crippen LogP) is 5.94. The first-order chi connectivity index (χ1) is 20.5. The molecule has 0 fully saturated rings. The number of ether oxygens (including phenoxy) is 1. The highest BCUT2D eigenvalue weighted by Gasteiger charge is 2.36. The minimum atomic E-state index is -4.75. The van der Waals surface area contributed by atoms with Crippen molar-refractivity contribution in [2.45, 2.75) is 70.2 Å². The normalized spacial score (nSPS) is 12.8. The van der Waals surface area contributed by atoms with Crippen LogP contribution in [0, 0.1) is 6.92 Å². The molecule has 3 rings (SSSR count). The number of amides is 2. The Bertz CT molecular complexity index is 1550. The van der Waals surface area contributed by atoms with Crippen LogP contribution in [0.25, 0.3) is 0 Å². The van der Waals surface area contributed by atoms with E-state index in [2.05, 4.69) is 5.32 Å². The van der Waals surface area contributed by atoms with Crippen molar-refractivity contribution in [2.75, 3.05) is 18.0 Å². The van der Waals surface area contributed by atoms with Crippen molar-refractivity contribution >= 4 is 27.5 Å². The molecule has 0 aliphatic heterocycles. The minimum Gasteiger partial charge on any atom is -0.497 e. The Labute approximate surface area is 256 Å². The van der Waals surface area contributed by atoms with Crippen molar-refractivity contribution < 1.29 is 35.9 Å². The first kappa shape index (κ1) is 34.4. The number of halogens is 3. The third kappa shape index (κ3) is 8.75. The highest BCUT2D eigenvalue weighted by Crippen LogP contribution is 2.33. The molecule has 0 heterocycles. The largest absolute Gasteiger partial charge is 0.497 e. The molecule has 44 heavy (non-hydrogen) atoms. The Balaban J connectivity index is 2.13. The number of rotatable bonds is 11. The van der Waals surface area contributed by atoms with Gasteiger partial charge >= 0.3 is 6.18 Å². The highest BCUT2D eigenvalue weighted by molar-refractivity contribution is 7.92. The van der Waals surface area contributed by atoms with Crippen LogP contribution >= 0.6 is 0 Å². The van der Waals surface area contributed by atoms with Crippen molar-refractivity contribution in [3.05, 3.63) is 89.5 Å². The highest BCUT2D eigenvalue weighted by atomic mass is 32.2. The quantitative estimate of drug-likeness (QED) is 0.282. The Morgan fingerprint density at radius 2 is 1.57 bits per heavy atom. The van der Waals surface area contributed by atoms with E-state index in [9.17, 15) is 31.2 Å². The molecule has 0 radical (unpaired) electrons. The summed E-state index contributed by atoms with van der Waals surface area (Å²) < 4.78 is 74.7. The van der Waals surface area contributed by atoms with Crippen LogP contribution < -0.4 is 14.4 Å². The summed E-state index contributed by atoms with van der Waals surface area (Å²) in [6.45, 7) is 7.92. The Kier molecular flexibility index (Phi) is 10.7. The molecule has 12 heteroatoms. The van der Waals surface area contributed by atoms with Crippen LogP contribution in [0.1, 0.15) is 50.8 Å². The fraction of sp³-hybridized carbons (Fsp3) is 0.375. The number of carbonyl (C=O) groups is 2. The average Bonchev–Trinajstić information content (AvgIpc) is 2.94. The lowest BCUT2D eigenvalue weighted by molar-refractivity contribution is -0.141. The van der Waals surface area contributed by atoms with E-state index < -0.39 is 51.7 Å². The van der Waals surface area contributed by atoms with Gasteiger partial charge < -0.3 is 15.0 Å². The van der Waals surface area contributed by atoms with E-state index in [0.717, 1.165) is 17.7 Å². The smallest absolute Gasteiger partial charge is 0.416 e. The van der Waals surface area contributed by atoms with Crippen molar-refractivity contribution in [1.29, 1.82) is 0 Å². The number of anilines is 1. The lowest BCUT2D eigenvalue weighted by Crippen LogP contribution is -2.55. The van der Waals surface area contributed by atoms with Crippen LogP contribution in [0.15, 0.2) is 77.7 Å². The summed E-state index contributed by atoms with van der Waals surface area (Å²) in [6.07, 6.45) is -4.56. The molecular formula is C32H38F3N3O5S. The van der Waals surface area contributed by atoms with E-state index in [4.69, 9.17) is 4.74 Å². The van der Waals surface area contributed by atoms with Gasteiger partial charge in [0.15, 0.2) is 0 Å². The topological polar surface area (TPSA) is 96.0 Å². The lowest BCUT2D eigenvalue weighted by Gasteiger charge is -2.35. The van der Waals surface area contributed by atoms with Gasteiger partial charge in [0.2, 0.25) is 11.8 Å². The molecule has 238 valence electrons. The summed E-state index contributed by atoms with van der Waals surface area (Å²) >= 11 is 0. The predicted molar refractivity (Wildman–Crippen MR) is 163 cm³/mol. The molecule has 0 aromatic heterocycles. The minimum absolute atomic E-state index is 0.0695. The zero-order chi connectivity index (χ0) is 32.9. The molecule has 0 unspecified atom stereocenters. The number of nitrogens with zero attached hydrogens (tertiary/aromatic N) is 2. The van der Waals surface area contributed by atoms with Gasteiger partial charge in [-0.2, -0.15) is 13.2 Å². The number of hydrogen-bond donors (Lipinski definition) is 1. The second-order valence-electron chi connectivity index (χ2n) is 11.4. The molecule has 0 bridgehead atoms. The van der Waals surface area contributed by atoms with E-state index in [1.807, 2.05) is 0 Å². The average molecular weight is 634 g/mol. The van der Waals surface area contributed by atoms with E-state index in [0.29, 0.717) is 21.7 Å². The molecule has 0 saturated carbocycles. The molecule has 0 spiro atoms. The molecule has 1 atom stereocenters. The van der Waals surface area contributed by atoms with Gasteiger partial charge in [-0.25, -0.2) is 8.42 Å². The van der Waals surface area contributed by atoms with E-state index in [1.54, 1.807) is 71.0 Å². The number of hydrogen-bond acceptors (Lipinski definition) is 5. The Morgan fingerprint density at radius 3 is 2.09 bits per heavy atom. The fourth-order valence-electron chi connectivity index (χ4n) is 4.50. The molecule has 3 aromatic rings. The van der Waals surface area contributed by atoms with Gasteiger partial charge in [0, 0.05) is 12.1 Å². The maximum Gasteiger partial charge on any atom is 0.416 e. The van der Waals surface area contributed by atoms with Gasteiger partial charge in [0.05, 0.1) is 23.3 Å². The molecule has 0 aliphatic carbocycles. The SMILES string of the molecule is CC[C@@H](C(=O)NC(C)(C)C)N(Cc1ccc(OC)cc1)C(=O)CN(c1cccc(C(F)(F)F)c1)S(=O)(=O)c1ccc(C)cc1. The zero-order valence-corrected chi connectivity index (χ0v) is 26.4. The van der Waals surface area contributed by atoms with E-state index in [1.165, 1.54) is 30.2 Å². The van der Waals surface area contributed by atoms with Crippen LogP contribution in [-0.4, -0.2) is 50.4 Å². The van der Waals surface area contributed by atoms with Crippen molar-refractivity contribution in [1.82, 2.24) is 10.2 Å². The van der Waals surface area contributed by atoms with Crippen molar-refractivity contribution in [3.63, 3.8) is 0 Å². The monoisotopic (exact) mass is 633 g/mol. The van der Waals surface area contributed by atoms with Crippen LogP contribution in [0.3, 0.4) is 0 Å². The van der Waals surface area contributed by atoms with Crippen molar-refractivity contribution in [3.8, 4) is 5.75 Å². The molecular weight excluding hydrogens is 595 g/mol. The van der Waals surface area contributed by atoms with E-state index in [-0.39, 0.29) is 23.5 Å².